The topological polar surface area (TPSA) is 126 Å². The molecule has 0 saturated carbocycles. The molecule has 0 radical (unpaired) electrons. The average Bonchev–Trinajstić information content (AvgIpc) is 3.20. The van der Waals surface area contributed by atoms with E-state index in [9.17, 15) is 4.79 Å². The van der Waals surface area contributed by atoms with E-state index in [-0.39, 0.29) is 12.5 Å². The number of nitrogens with one attached hydrogen (secondary N) is 2. The molecule has 0 unspecified atom stereocenters. The Labute approximate surface area is 124 Å². The summed E-state index contributed by atoms with van der Waals surface area (Å²) in [6, 6.07) is 8.98. The third kappa shape index (κ3) is 3.06. The summed E-state index contributed by atoms with van der Waals surface area (Å²) in [4.78, 5) is 17.5. The van der Waals surface area contributed by atoms with E-state index in [1.54, 1.807) is 7.05 Å². The number of rotatable bonds is 4. The summed E-state index contributed by atoms with van der Waals surface area (Å²) in [7, 11) is 1.59. The Morgan fingerprint density at radius 3 is 2.91 bits per heavy atom. The van der Waals surface area contributed by atoms with Crippen molar-refractivity contribution in [1.82, 2.24) is 35.7 Å². The Bertz CT molecular complexity index is 740. The molecule has 0 atom stereocenters. The van der Waals surface area contributed by atoms with Crippen molar-refractivity contribution in [3.63, 3.8) is 0 Å². The summed E-state index contributed by atoms with van der Waals surface area (Å²) < 4.78 is 5.18. The van der Waals surface area contributed by atoms with Gasteiger partial charge in [0.15, 0.2) is 5.82 Å². The van der Waals surface area contributed by atoms with Crippen LogP contribution in [0.15, 0.2) is 34.9 Å². The molecule has 3 rings (SSSR count). The molecule has 2 amide bonds. The van der Waals surface area contributed by atoms with Gasteiger partial charge in [-0.15, -0.1) is 5.10 Å². The maximum atomic E-state index is 11.9. The fourth-order valence-electron chi connectivity index (χ4n) is 1.71. The predicted molar refractivity (Wildman–Crippen MR) is 74.4 cm³/mol. The quantitative estimate of drug-likeness (QED) is 0.733. The minimum absolute atomic E-state index is 0.0925. The smallest absolute Gasteiger partial charge is 0.324 e. The molecule has 10 nitrogen and oxygen atoms in total. The van der Waals surface area contributed by atoms with Gasteiger partial charge in [-0.1, -0.05) is 28.5 Å². The van der Waals surface area contributed by atoms with Crippen LogP contribution >= 0.6 is 0 Å². The molecule has 10 heteroatoms. The van der Waals surface area contributed by atoms with Crippen molar-refractivity contribution in [2.75, 3.05) is 12.4 Å². The molecule has 0 aliphatic heterocycles. The van der Waals surface area contributed by atoms with Crippen molar-refractivity contribution in [2.24, 2.45) is 0 Å². The minimum Gasteiger partial charge on any atom is -0.334 e. The van der Waals surface area contributed by atoms with Crippen LogP contribution in [0.4, 0.5) is 10.7 Å². The van der Waals surface area contributed by atoms with E-state index in [0.717, 1.165) is 5.56 Å². The first-order chi connectivity index (χ1) is 10.7. The van der Waals surface area contributed by atoms with Crippen LogP contribution in [0.2, 0.25) is 0 Å². The lowest BCUT2D eigenvalue weighted by molar-refractivity contribution is 0.218. The summed E-state index contributed by atoms with van der Waals surface area (Å²) in [5.74, 6) is 0.891. The summed E-state index contributed by atoms with van der Waals surface area (Å²) in [5, 5.41) is 19.2. The number of amides is 2. The molecular formula is C12H12N8O2. The fraction of sp³-hybridized carbons (Fsp3) is 0.167. The van der Waals surface area contributed by atoms with Gasteiger partial charge in [0.05, 0.1) is 6.54 Å². The fourth-order valence-corrected chi connectivity index (χ4v) is 1.71. The monoisotopic (exact) mass is 300 g/mol. The summed E-state index contributed by atoms with van der Waals surface area (Å²) in [6.45, 7) is 0.181. The number of carbonyl (C=O) groups excluding carboxylic acids is 1. The molecule has 0 bridgehead atoms. The van der Waals surface area contributed by atoms with Gasteiger partial charge in [0.2, 0.25) is 0 Å². The van der Waals surface area contributed by atoms with Crippen LogP contribution in [0.3, 0.4) is 0 Å². The van der Waals surface area contributed by atoms with E-state index >= 15 is 0 Å². The van der Waals surface area contributed by atoms with Gasteiger partial charge in [-0.25, -0.2) is 4.79 Å². The zero-order valence-electron chi connectivity index (χ0n) is 11.6. The van der Waals surface area contributed by atoms with Crippen molar-refractivity contribution >= 4 is 12.0 Å². The second-order valence-corrected chi connectivity index (χ2v) is 4.40. The largest absolute Gasteiger partial charge is 0.334 e. The highest BCUT2D eigenvalue weighted by Crippen LogP contribution is 2.16. The first kappa shape index (κ1) is 13.7. The third-order valence-electron chi connectivity index (χ3n) is 2.78. The Hall–Kier alpha value is -3.30. The van der Waals surface area contributed by atoms with Crippen molar-refractivity contribution < 1.29 is 9.32 Å². The SMILES string of the molecule is CN(Cc1noc(-c2ccccc2)n1)C(=O)Nc1nn[nH]n1. The number of benzene rings is 1. The van der Waals surface area contributed by atoms with E-state index in [2.05, 4.69) is 36.1 Å². The molecule has 0 aliphatic carbocycles. The number of aromatic amines is 1. The van der Waals surface area contributed by atoms with Gasteiger partial charge >= 0.3 is 6.03 Å². The van der Waals surface area contributed by atoms with E-state index in [0.29, 0.717) is 11.7 Å². The lowest BCUT2D eigenvalue weighted by atomic mass is 10.2. The number of aromatic nitrogens is 6. The normalized spacial score (nSPS) is 10.4. The van der Waals surface area contributed by atoms with Crippen molar-refractivity contribution in [2.45, 2.75) is 6.54 Å². The zero-order chi connectivity index (χ0) is 15.4. The van der Waals surface area contributed by atoms with Crippen LogP contribution in [0.5, 0.6) is 0 Å². The van der Waals surface area contributed by atoms with Gasteiger partial charge in [0, 0.05) is 12.6 Å². The second-order valence-electron chi connectivity index (χ2n) is 4.40. The Morgan fingerprint density at radius 2 is 2.18 bits per heavy atom. The molecule has 0 saturated heterocycles. The highest BCUT2D eigenvalue weighted by molar-refractivity contribution is 5.86. The molecule has 0 spiro atoms. The molecule has 1 aromatic carbocycles. The van der Waals surface area contributed by atoms with Crippen LogP contribution in [-0.2, 0) is 6.54 Å². The molecule has 2 heterocycles. The molecule has 0 aliphatic rings. The van der Waals surface area contributed by atoms with Gasteiger partial charge in [0.1, 0.15) is 0 Å². The van der Waals surface area contributed by atoms with Crippen LogP contribution < -0.4 is 5.32 Å². The Balaban J connectivity index is 1.63. The first-order valence-electron chi connectivity index (χ1n) is 6.36. The number of hydrogen-bond acceptors (Lipinski definition) is 7. The molecule has 2 N–H and O–H groups in total. The van der Waals surface area contributed by atoms with Gasteiger partial charge in [-0.05, 0) is 17.3 Å². The number of nitrogens with zero attached hydrogens (tertiary/aromatic N) is 6. The lowest BCUT2D eigenvalue weighted by Gasteiger charge is -2.13. The number of hydrogen-bond donors (Lipinski definition) is 2. The average molecular weight is 300 g/mol. The summed E-state index contributed by atoms with van der Waals surface area (Å²) in [6.07, 6.45) is 0. The standard InChI is InChI=1S/C12H12N8O2/c1-20(12(21)14-11-15-18-19-16-11)7-9-13-10(22-17-9)8-5-3-2-4-6-8/h2-6H,7H2,1H3,(H2,14,15,16,18,19,21). The number of urea groups is 1. The highest BCUT2D eigenvalue weighted by Gasteiger charge is 2.15. The number of H-pyrrole nitrogens is 1. The number of carbonyl (C=O) groups is 1. The zero-order valence-corrected chi connectivity index (χ0v) is 11.6. The maximum absolute atomic E-state index is 11.9. The van der Waals surface area contributed by atoms with E-state index in [1.165, 1.54) is 4.90 Å². The van der Waals surface area contributed by atoms with Crippen molar-refractivity contribution in [3.05, 3.63) is 36.2 Å². The van der Waals surface area contributed by atoms with E-state index in [4.69, 9.17) is 4.52 Å². The van der Waals surface area contributed by atoms with Crippen molar-refractivity contribution in [1.29, 1.82) is 0 Å². The molecule has 2 aromatic heterocycles. The number of tetrazole rings is 1. The maximum Gasteiger partial charge on any atom is 0.324 e. The number of anilines is 1. The summed E-state index contributed by atoms with van der Waals surface area (Å²) in [5.41, 5.74) is 0.820. The Morgan fingerprint density at radius 1 is 1.36 bits per heavy atom. The Kier molecular flexibility index (Phi) is 3.72. The molecule has 112 valence electrons. The predicted octanol–water partition coefficient (Wildman–Crippen LogP) is 0.914. The molecular weight excluding hydrogens is 288 g/mol. The van der Waals surface area contributed by atoms with Crippen molar-refractivity contribution in [3.8, 4) is 11.5 Å². The van der Waals surface area contributed by atoms with E-state index < -0.39 is 6.03 Å². The van der Waals surface area contributed by atoms with Crippen LogP contribution in [0, 0.1) is 0 Å². The van der Waals surface area contributed by atoms with Gasteiger partial charge in [-0.2, -0.15) is 10.2 Å². The third-order valence-corrected chi connectivity index (χ3v) is 2.78. The minimum atomic E-state index is -0.410. The van der Waals surface area contributed by atoms with Gasteiger partial charge < -0.3 is 9.42 Å². The van der Waals surface area contributed by atoms with Crippen LogP contribution in [0.25, 0.3) is 11.5 Å². The first-order valence-corrected chi connectivity index (χ1v) is 6.36. The van der Waals surface area contributed by atoms with Crippen LogP contribution in [-0.4, -0.2) is 48.7 Å². The lowest BCUT2D eigenvalue weighted by Crippen LogP contribution is -2.31. The highest BCUT2D eigenvalue weighted by atomic mass is 16.5. The van der Waals surface area contributed by atoms with Gasteiger partial charge in [0.25, 0.3) is 11.8 Å². The van der Waals surface area contributed by atoms with Crippen LogP contribution in [0.1, 0.15) is 5.82 Å². The second kappa shape index (κ2) is 5.99. The van der Waals surface area contributed by atoms with Gasteiger partial charge in [-0.3, -0.25) is 5.32 Å². The molecule has 0 fully saturated rings. The van der Waals surface area contributed by atoms with E-state index in [1.807, 2.05) is 30.3 Å². The summed E-state index contributed by atoms with van der Waals surface area (Å²) >= 11 is 0. The molecule has 3 aromatic rings. The molecule has 22 heavy (non-hydrogen) atoms.